The third-order valence-corrected chi connectivity index (χ3v) is 3.44. The Kier molecular flexibility index (Phi) is 5.17. The Hall–Kier alpha value is -0.170. The first-order chi connectivity index (χ1) is 7.37. The molecular formula is C10H21NO4S. The van der Waals surface area contributed by atoms with Crippen LogP contribution in [0.2, 0.25) is 0 Å². The summed E-state index contributed by atoms with van der Waals surface area (Å²) in [7, 11) is -3.35. The van der Waals surface area contributed by atoms with Gasteiger partial charge in [0.25, 0.3) is 0 Å². The van der Waals surface area contributed by atoms with Gasteiger partial charge in [0.1, 0.15) is 0 Å². The van der Waals surface area contributed by atoms with Crippen LogP contribution in [0.1, 0.15) is 33.1 Å². The van der Waals surface area contributed by atoms with Crippen LogP contribution in [0.3, 0.4) is 0 Å². The van der Waals surface area contributed by atoms with Crippen molar-refractivity contribution in [1.82, 2.24) is 0 Å². The zero-order valence-electron chi connectivity index (χ0n) is 9.89. The van der Waals surface area contributed by atoms with Crippen molar-refractivity contribution in [3.8, 4) is 0 Å². The van der Waals surface area contributed by atoms with Crippen molar-refractivity contribution in [3.63, 3.8) is 0 Å². The molecule has 1 aliphatic rings. The minimum atomic E-state index is -3.35. The summed E-state index contributed by atoms with van der Waals surface area (Å²) >= 11 is 0. The van der Waals surface area contributed by atoms with Gasteiger partial charge in [0.05, 0.1) is 24.1 Å². The topological polar surface area (TPSA) is 78.6 Å². The van der Waals surface area contributed by atoms with Gasteiger partial charge in [-0.3, -0.25) is 0 Å². The molecule has 2 N–H and O–H groups in total. The SMILES string of the molecule is CC1CC(OCCCS(N)(=O)=O)CC(C)O1. The molecule has 2 atom stereocenters. The van der Waals surface area contributed by atoms with Crippen molar-refractivity contribution in [3.05, 3.63) is 0 Å². The van der Waals surface area contributed by atoms with Crippen molar-refractivity contribution in [2.24, 2.45) is 5.14 Å². The lowest BCUT2D eigenvalue weighted by Gasteiger charge is -2.31. The average Bonchev–Trinajstić information content (AvgIpc) is 2.09. The van der Waals surface area contributed by atoms with Crippen LogP contribution in [0, 0.1) is 0 Å². The molecule has 0 radical (unpaired) electrons. The maximum atomic E-state index is 10.7. The predicted octanol–water partition coefficient (Wildman–Crippen LogP) is 0.638. The summed E-state index contributed by atoms with van der Waals surface area (Å²) in [6, 6.07) is 0. The van der Waals surface area contributed by atoms with Gasteiger partial charge in [-0.1, -0.05) is 0 Å². The number of rotatable bonds is 5. The highest BCUT2D eigenvalue weighted by atomic mass is 32.2. The molecule has 0 saturated carbocycles. The second-order valence-corrected chi connectivity index (χ2v) is 6.18. The molecule has 6 heteroatoms. The Balaban J connectivity index is 2.17. The fraction of sp³-hybridized carbons (Fsp3) is 1.00. The Bertz CT molecular complexity index is 294. The van der Waals surface area contributed by atoms with Crippen molar-refractivity contribution < 1.29 is 17.9 Å². The van der Waals surface area contributed by atoms with Gasteiger partial charge >= 0.3 is 0 Å². The molecule has 5 nitrogen and oxygen atoms in total. The maximum Gasteiger partial charge on any atom is 0.209 e. The van der Waals surface area contributed by atoms with Crippen LogP contribution in [0.4, 0.5) is 0 Å². The van der Waals surface area contributed by atoms with Gasteiger partial charge in [-0.25, -0.2) is 13.6 Å². The molecule has 1 heterocycles. The first-order valence-corrected chi connectivity index (χ1v) is 7.36. The van der Waals surface area contributed by atoms with Crippen molar-refractivity contribution in [1.29, 1.82) is 0 Å². The largest absolute Gasteiger partial charge is 0.378 e. The number of hydrogen-bond acceptors (Lipinski definition) is 4. The lowest BCUT2D eigenvalue weighted by Crippen LogP contribution is -2.34. The van der Waals surface area contributed by atoms with E-state index in [1.165, 1.54) is 0 Å². The smallest absolute Gasteiger partial charge is 0.209 e. The standard InChI is InChI=1S/C10H21NO4S/c1-8-6-10(7-9(2)15-8)14-4-3-5-16(11,12)13/h8-10H,3-7H2,1-2H3,(H2,11,12,13). The first-order valence-electron chi connectivity index (χ1n) is 5.64. The van der Waals surface area contributed by atoms with Crippen LogP contribution < -0.4 is 5.14 Å². The predicted molar refractivity (Wildman–Crippen MR) is 61.6 cm³/mol. The molecular weight excluding hydrogens is 230 g/mol. The van der Waals surface area contributed by atoms with Gasteiger partial charge in [0.2, 0.25) is 10.0 Å². The molecule has 96 valence electrons. The molecule has 2 unspecified atom stereocenters. The van der Waals surface area contributed by atoms with E-state index >= 15 is 0 Å². The molecule has 0 aromatic heterocycles. The summed E-state index contributed by atoms with van der Waals surface area (Å²) in [4.78, 5) is 0. The van der Waals surface area contributed by atoms with E-state index in [2.05, 4.69) is 0 Å². The fourth-order valence-corrected chi connectivity index (χ4v) is 2.51. The summed E-state index contributed by atoms with van der Waals surface area (Å²) in [5.41, 5.74) is 0. The highest BCUT2D eigenvalue weighted by molar-refractivity contribution is 7.89. The minimum absolute atomic E-state index is 0.0126. The van der Waals surface area contributed by atoms with E-state index in [4.69, 9.17) is 14.6 Å². The van der Waals surface area contributed by atoms with Crippen LogP contribution in [0.25, 0.3) is 0 Å². The molecule has 1 aliphatic heterocycles. The lowest BCUT2D eigenvalue weighted by atomic mass is 10.0. The van der Waals surface area contributed by atoms with Gasteiger partial charge in [-0.2, -0.15) is 0 Å². The van der Waals surface area contributed by atoms with Gasteiger partial charge in [0, 0.05) is 6.61 Å². The Morgan fingerprint density at radius 1 is 1.31 bits per heavy atom. The zero-order chi connectivity index (χ0) is 12.2. The summed E-state index contributed by atoms with van der Waals surface area (Å²) in [5.74, 6) is -0.0126. The molecule has 16 heavy (non-hydrogen) atoms. The monoisotopic (exact) mass is 251 g/mol. The molecule has 0 amide bonds. The molecule has 0 aromatic rings. The maximum absolute atomic E-state index is 10.7. The normalized spacial score (nSPS) is 31.6. The second kappa shape index (κ2) is 5.95. The molecule has 1 saturated heterocycles. The molecule has 0 aliphatic carbocycles. The second-order valence-electron chi connectivity index (χ2n) is 4.44. The highest BCUT2D eigenvalue weighted by Gasteiger charge is 2.24. The quantitative estimate of drug-likeness (QED) is 0.727. The van der Waals surface area contributed by atoms with E-state index in [0.717, 1.165) is 12.8 Å². The summed E-state index contributed by atoms with van der Waals surface area (Å²) in [5, 5.41) is 4.90. The van der Waals surface area contributed by atoms with E-state index in [-0.39, 0.29) is 24.1 Å². The molecule has 0 spiro atoms. The Morgan fingerprint density at radius 2 is 1.88 bits per heavy atom. The lowest BCUT2D eigenvalue weighted by molar-refractivity contribution is -0.101. The number of nitrogens with two attached hydrogens (primary N) is 1. The fourth-order valence-electron chi connectivity index (χ4n) is 1.99. The van der Waals surface area contributed by atoms with Crippen molar-refractivity contribution >= 4 is 10.0 Å². The van der Waals surface area contributed by atoms with Gasteiger partial charge in [-0.15, -0.1) is 0 Å². The number of sulfonamides is 1. The number of ether oxygens (including phenoxy) is 2. The first kappa shape index (κ1) is 13.9. The van der Waals surface area contributed by atoms with Gasteiger partial charge < -0.3 is 9.47 Å². The van der Waals surface area contributed by atoms with Crippen molar-refractivity contribution in [2.75, 3.05) is 12.4 Å². The third-order valence-electron chi connectivity index (χ3n) is 2.58. The molecule has 1 fully saturated rings. The van der Waals surface area contributed by atoms with E-state index in [0.29, 0.717) is 13.0 Å². The van der Waals surface area contributed by atoms with Crippen LogP contribution >= 0.6 is 0 Å². The van der Waals surface area contributed by atoms with Crippen LogP contribution in [0.5, 0.6) is 0 Å². The Morgan fingerprint density at radius 3 is 2.38 bits per heavy atom. The molecule has 1 rings (SSSR count). The number of primary sulfonamides is 1. The highest BCUT2D eigenvalue weighted by Crippen LogP contribution is 2.21. The summed E-state index contributed by atoms with van der Waals surface area (Å²) in [6.07, 6.45) is 2.82. The summed E-state index contributed by atoms with van der Waals surface area (Å²) in [6.45, 7) is 4.49. The summed E-state index contributed by atoms with van der Waals surface area (Å²) < 4.78 is 32.6. The molecule has 0 aromatic carbocycles. The Labute approximate surface area is 97.3 Å². The van der Waals surface area contributed by atoms with E-state index in [1.807, 2.05) is 13.8 Å². The van der Waals surface area contributed by atoms with Gasteiger partial charge in [-0.05, 0) is 33.1 Å². The average molecular weight is 251 g/mol. The van der Waals surface area contributed by atoms with Crippen LogP contribution in [0.15, 0.2) is 0 Å². The minimum Gasteiger partial charge on any atom is -0.378 e. The van der Waals surface area contributed by atoms with Crippen molar-refractivity contribution in [2.45, 2.75) is 51.4 Å². The van der Waals surface area contributed by atoms with Gasteiger partial charge in [0.15, 0.2) is 0 Å². The van der Waals surface area contributed by atoms with E-state index in [1.54, 1.807) is 0 Å². The van der Waals surface area contributed by atoms with Crippen LogP contribution in [-0.2, 0) is 19.5 Å². The molecule has 0 bridgehead atoms. The van der Waals surface area contributed by atoms with E-state index < -0.39 is 10.0 Å². The van der Waals surface area contributed by atoms with Crippen LogP contribution in [-0.4, -0.2) is 39.1 Å². The van der Waals surface area contributed by atoms with E-state index in [9.17, 15) is 8.42 Å². The third kappa shape index (κ3) is 5.79. The zero-order valence-corrected chi connectivity index (χ0v) is 10.7. The number of hydrogen-bond donors (Lipinski definition) is 1.